The van der Waals surface area contributed by atoms with Crippen molar-refractivity contribution in [2.45, 2.75) is 19.3 Å². The summed E-state index contributed by atoms with van der Waals surface area (Å²) >= 11 is 5.78. The predicted octanol–water partition coefficient (Wildman–Crippen LogP) is 1.75. The van der Waals surface area contributed by atoms with Gasteiger partial charge >= 0.3 is 0 Å². The fraction of sp³-hybridized carbons (Fsp3) is 0.308. The Labute approximate surface area is 116 Å². The fourth-order valence-corrected chi connectivity index (χ4v) is 1.81. The molecule has 0 aliphatic carbocycles. The van der Waals surface area contributed by atoms with Crippen molar-refractivity contribution in [3.8, 4) is 0 Å². The van der Waals surface area contributed by atoms with Crippen LogP contribution in [-0.4, -0.2) is 27.6 Å². The molecule has 6 heteroatoms. The first-order chi connectivity index (χ1) is 9.24. The Morgan fingerprint density at radius 3 is 2.79 bits per heavy atom. The molecule has 1 amide bonds. The van der Waals surface area contributed by atoms with Gasteiger partial charge in [-0.15, -0.1) is 0 Å². The lowest BCUT2D eigenvalue weighted by molar-refractivity contribution is -0.120. The number of H-pyrrole nitrogens is 1. The minimum atomic E-state index is 0.0138. The minimum absolute atomic E-state index is 0.0138. The van der Waals surface area contributed by atoms with Crippen LogP contribution in [0.4, 0.5) is 0 Å². The van der Waals surface area contributed by atoms with Gasteiger partial charge in [0.05, 0.1) is 6.42 Å². The predicted molar refractivity (Wildman–Crippen MR) is 72.9 cm³/mol. The second kappa shape index (κ2) is 6.89. The largest absolute Gasteiger partial charge is 0.356 e. The first-order valence-electron chi connectivity index (χ1n) is 6.09. The highest BCUT2D eigenvalue weighted by atomic mass is 35.5. The van der Waals surface area contributed by atoms with Gasteiger partial charge in [-0.25, -0.2) is 4.98 Å². The van der Waals surface area contributed by atoms with E-state index in [9.17, 15) is 4.79 Å². The lowest BCUT2D eigenvalue weighted by Gasteiger charge is -2.04. The molecule has 0 unspecified atom stereocenters. The van der Waals surface area contributed by atoms with Crippen LogP contribution in [-0.2, 0) is 17.6 Å². The molecular weight excluding hydrogens is 264 g/mol. The Bertz CT molecular complexity index is 510. The number of carbonyl (C=O) groups excluding carboxylic acids is 1. The third kappa shape index (κ3) is 4.71. The highest BCUT2D eigenvalue weighted by Gasteiger charge is 2.03. The molecule has 1 heterocycles. The highest BCUT2D eigenvalue weighted by molar-refractivity contribution is 6.30. The van der Waals surface area contributed by atoms with E-state index in [1.165, 1.54) is 6.33 Å². The zero-order valence-electron chi connectivity index (χ0n) is 10.4. The van der Waals surface area contributed by atoms with Crippen LogP contribution in [0.2, 0.25) is 5.02 Å². The number of hydrogen-bond donors (Lipinski definition) is 2. The molecule has 0 saturated heterocycles. The van der Waals surface area contributed by atoms with Crippen LogP contribution in [0.1, 0.15) is 17.8 Å². The third-order valence-electron chi connectivity index (χ3n) is 2.66. The van der Waals surface area contributed by atoms with Gasteiger partial charge in [0.15, 0.2) is 0 Å². The molecule has 0 aliphatic heterocycles. The molecule has 0 spiro atoms. The summed E-state index contributed by atoms with van der Waals surface area (Å²) in [5.74, 6) is 0.854. The lowest BCUT2D eigenvalue weighted by Crippen LogP contribution is -2.26. The number of benzene rings is 1. The molecular formula is C13H15ClN4O. The van der Waals surface area contributed by atoms with Crippen molar-refractivity contribution in [3.05, 3.63) is 47.0 Å². The average Bonchev–Trinajstić information content (AvgIpc) is 2.91. The van der Waals surface area contributed by atoms with Crippen molar-refractivity contribution < 1.29 is 4.79 Å². The van der Waals surface area contributed by atoms with Crippen molar-refractivity contribution in [1.82, 2.24) is 20.5 Å². The summed E-state index contributed by atoms with van der Waals surface area (Å²) in [7, 11) is 0. The number of aromatic amines is 1. The molecule has 0 aliphatic rings. The second-order valence-electron chi connectivity index (χ2n) is 4.19. The Kier molecular flexibility index (Phi) is 4.92. The summed E-state index contributed by atoms with van der Waals surface area (Å²) in [6.45, 7) is 0.632. The van der Waals surface area contributed by atoms with E-state index >= 15 is 0 Å². The summed E-state index contributed by atoms with van der Waals surface area (Å²) in [4.78, 5) is 15.7. The number of carbonyl (C=O) groups is 1. The molecule has 2 aromatic rings. The Hall–Kier alpha value is -1.88. The number of nitrogens with one attached hydrogen (secondary N) is 2. The second-order valence-corrected chi connectivity index (χ2v) is 4.63. The molecule has 0 saturated carbocycles. The molecule has 2 rings (SSSR count). The zero-order chi connectivity index (χ0) is 13.5. The van der Waals surface area contributed by atoms with Crippen LogP contribution in [0, 0.1) is 0 Å². The summed E-state index contributed by atoms with van der Waals surface area (Å²) in [5, 5.41) is 10.1. The Balaban J connectivity index is 1.65. The van der Waals surface area contributed by atoms with Gasteiger partial charge in [-0.2, -0.15) is 5.10 Å². The smallest absolute Gasteiger partial charge is 0.224 e. The molecule has 2 N–H and O–H groups in total. The Morgan fingerprint density at radius 1 is 1.32 bits per heavy atom. The normalized spacial score (nSPS) is 10.4. The van der Waals surface area contributed by atoms with Crippen LogP contribution >= 0.6 is 11.6 Å². The SMILES string of the molecule is O=C(Cc1ccc(Cl)cc1)NCCCc1ncn[nH]1. The van der Waals surface area contributed by atoms with E-state index in [0.717, 1.165) is 24.2 Å². The number of amides is 1. The summed E-state index contributed by atoms with van der Waals surface area (Å²) in [5.41, 5.74) is 0.956. The van der Waals surface area contributed by atoms with Gasteiger partial charge in [0, 0.05) is 18.0 Å². The van der Waals surface area contributed by atoms with E-state index in [-0.39, 0.29) is 5.91 Å². The molecule has 1 aromatic heterocycles. The van der Waals surface area contributed by atoms with E-state index in [0.29, 0.717) is 18.0 Å². The van der Waals surface area contributed by atoms with Crippen LogP contribution in [0.3, 0.4) is 0 Å². The van der Waals surface area contributed by atoms with Gasteiger partial charge < -0.3 is 5.32 Å². The maximum atomic E-state index is 11.7. The third-order valence-corrected chi connectivity index (χ3v) is 2.91. The van der Waals surface area contributed by atoms with Crippen molar-refractivity contribution in [3.63, 3.8) is 0 Å². The van der Waals surface area contributed by atoms with E-state index in [1.54, 1.807) is 12.1 Å². The minimum Gasteiger partial charge on any atom is -0.356 e. The topological polar surface area (TPSA) is 70.7 Å². The monoisotopic (exact) mass is 278 g/mol. The fourth-order valence-electron chi connectivity index (χ4n) is 1.69. The maximum absolute atomic E-state index is 11.7. The summed E-state index contributed by atoms with van der Waals surface area (Å²) in [6, 6.07) is 7.29. The summed E-state index contributed by atoms with van der Waals surface area (Å²) < 4.78 is 0. The van der Waals surface area contributed by atoms with Crippen molar-refractivity contribution in [2.75, 3.05) is 6.54 Å². The van der Waals surface area contributed by atoms with E-state index < -0.39 is 0 Å². The number of rotatable bonds is 6. The number of nitrogens with zero attached hydrogens (tertiary/aromatic N) is 2. The molecule has 0 bridgehead atoms. The first kappa shape index (κ1) is 13.5. The summed E-state index contributed by atoms with van der Waals surface area (Å²) in [6.07, 6.45) is 3.47. The molecule has 0 atom stereocenters. The first-order valence-corrected chi connectivity index (χ1v) is 6.47. The number of aryl methyl sites for hydroxylation is 1. The van der Waals surface area contributed by atoms with Crippen LogP contribution in [0.5, 0.6) is 0 Å². The van der Waals surface area contributed by atoms with Gasteiger partial charge in [0.1, 0.15) is 12.2 Å². The van der Waals surface area contributed by atoms with Crippen molar-refractivity contribution in [1.29, 1.82) is 0 Å². The van der Waals surface area contributed by atoms with E-state index in [4.69, 9.17) is 11.6 Å². The zero-order valence-corrected chi connectivity index (χ0v) is 11.2. The number of aromatic nitrogens is 3. The maximum Gasteiger partial charge on any atom is 0.224 e. The lowest BCUT2D eigenvalue weighted by atomic mass is 10.1. The van der Waals surface area contributed by atoms with Gasteiger partial charge in [-0.05, 0) is 24.1 Å². The Morgan fingerprint density at radius 2 is 2.11 bits per heavy atom. The van der Waals surface area contributed by atoms with E-state index in [2.05, 4.69) is 20.5 Å². The van der Waals surface area contributed by atoms with Gasteiger partial charge in [-0.3, -0.25) is 9.89 Å². The molecule has 0 fully saturated rings. The van der Waals surface area contributed by atoms with Crippen molar-refractivity contribution >= 4 is 17.5 Å². The van der Waals surface area contributed by atoms with Crippen LogP contribution < -0.4 is 5.32 Å². The van der Waals surface area contributed by atoms with Gasteiger partial charge in [0.25, 0.3) is 0 Å². The van der Waals surface area contributed by atoms with Crippen LogP contribution in [0.15, 0.2) is 30.6 Å². The average molecular weight is 279 g/mol. The molecule has 19 heavy (non-hydrogen) atoms. The molecule has 1 aromatic carbocycles. The number of hydrogen-bond acceptors (Lipinski definition) is 3. The quantitative estimate of drug-likeness (QED) is 0.791. The van der Waals surface area contributed by atoms with E-state index in [1.807, 2.05) is 12.1 Å². The van der Waals surface area contributed by atoms with Crippen LogP contribution in [0.25, 0.3) is 0 Å². The molecule has 0 radical (unpaired) electrons. The standard InChI is InChI=1S/C13H15ClN4O/c14-11-5-3-10(4-6-11)8-13(19)15-7-1-2-12-16-9-17-18-12/h3-6,9H,1-2,7-8H2,(H,15,19)(H,16,17,18). The highest BCUT2D eigenvalue weighted by Crippen LogP contribution is 2.09. The molecule has 100 valence electrons. The van der Waals surface area contributed by atoms with Gasteiger partial charge in [0.2, 0.25) is 5.91 Å². The van der Waals surface area contributed by atoms with Crippen molar-refractivity contribution in [2.24, 2.45) is 0 Å². The molecule has 5 nitrogen and oxygen atoms in total. The number of halogens is 1. The van der Waals surface area contributed by atoms with Gasteiger partial charge in [-0.1, -0.05) is 23.7 Å².